The molecule has 16 heavy (non-hydrogen) atoms. The molecule has 0 amide bonds. The summed E-state index contributed by atoms with van der Waals surface area (Å²) in [5.41, 5.74) is 1.99. The van der Waals surface area contributed by atoms with E-state index in [0.29, 0.717) is 6.61 Å². The highest BCUT2D eigenvalue weighted by atomic mass is 127. The highest BCUT2D eigenvalue weighted by Gasteiger charge is 2.17. The molecule has 2 nitrogen and oxygen atoms in total. The number of carbonyl (C=O) groups is 1. The van der Waals surface area contributed by atoms with Crippen molar-refractivity contribution in [3.63, 3.8) is 0 Å². The fourth-order valence-corrected chi connectivity index (χ4v) is 2.15. The third kappa shape index (κ3) is 3.28. The molecule has 0 spiro atoms. The van der Waals surface area contributed by atoms with Crippen molar-refractivity contribution in [1.29, 1.82) is 0 Å². The number of carbonyl (C=O) groups excluding carboxylic acids is 1. The van der Waals surface area contributed by atoms with Crippen molar-refractivity contribution < 1.29 is 9.53 Å². The first-order valence-electron chi connectivity index (χ1n) is 5.36. The van der Waals surface area contributed by atoms with E-state index in [-0.39, 0.29) is 11.7 Å². The summed E-state index contributed by atoms with van der Waals surface area (Å²) in [6.45, 7) is 4.62. The van der Waals surface area contributed by atoms with Crippen molar-refractivity contribution in [3.8, 4) is 0 Å². The Bertz CT molecular complexity index is 374. The second kappa shape index (κ2) is 6.35. The smallest absolute Gasteiger partial charge is 0.166 e. The van der Waals surface area contributed by atoms with Crippen molar-refractivity contribution in [1.82, 2.24) is 0 Å². The van der Waals surface area contributed by atoms with Crippen molar-refractivity contribution in [3.05, 3.63) is 32.9 Å². The summed E-state index contributed by atoms with van der Waals surface area (Å²) in [5.74, 6) is 0.236. The first-order chi connectivity index (χ1) is 7.57. The van der Waals surface area contributed by atoms with E-state index in [2.05, 4.69) is 22.6 Å². The Hall–Kier alpha value is -0.420. The number of Topliss-reactive ketones (excluding diaryl/α,β-unsaturated/α-hetero) is 1. The summed E-state index contributed by atoms with van der Waals surface area (Å²) in [6.07, 6.45) is 0.777. The second-order valence-corrected chi connectivity index (χ2v) is 5.06. The van der Waals surface area contributed by atoms with Gasteiger partial charge in [-0.1, -0.05) is 25.1 Å². The molecule has 88 valence electrons. The summed E-state index contributed by atoms with van der Waals surface area (Å²) >= 11 is 2.24. The fourth-order valence-electron chi connectivity index (χ4n) is 1.53. The van der Waals surface area contributed by atoms with Crippen LogP contribution in [0.2, 0.25) is 0 Å². The van der Waals surface area contributed by atoms with Crippen LogP contribution in [0.3, 0.4) is 0 Å². The highest BCUT2D eigenvalue weighted by Crippen LogP contribution is 2.21. The van der Waals surface area contributed by atoms with Crippen molar-refractivity contribution in [2.24, 2.45) is 5.92 Å². The maximum Gasteiger partial charge on any atom is 0.166 e. The van der Waals surface area contributed by atoms with Gasteiger partial charge >= 0.3 is 0 Å². The maximum atomic E-state index is 12.2. The predicted molar refractivity (Wildman–Crippen MR) is 73.9 cm³/mol. The van der Waals surface area contributed by atoms with Crippen LogP contribution in [0, 0.1) is 16.4 Å². The van der Waals surface area contributed by atoms with Gasteiger partial charge in [-0.2, -0.15) is 0 Å². The van der Waals surface area contributed by atoms with Crippen LogP contribution in [0.5, 0.6) is 0 Å². The summed E-state index contributed by atoms with van der Waals surface area (Å²) < 4.78 is 6.06. The van der Waals surface area contributed by atoms with Crippen LogP contribution in [0.15, 0.2) is 18.2 Å². The molecular weight excluding hydrogens is 315 g/mol. The quantitative estimate of drug-likeness (QED) is 0.610. The molecule has 0 aliphatic carbocycles. The summed E-state index contributed by atoms with van der Waals surface area (Å²) in [6, 6.07) is 5.87. The Labute approximate surface area is 111 Å². The van der Waals surface area contributed by atoms with E-state index in [1.54, 1.807) is 7.11 Å². The number of aryl methyl sites for hydroxylation is 1. The number of methoxy groups -OCH3 is 1. The third-order valence-corrected chi connectivity index (χ3v) is 4.09. The largest absolute Gasteiger partial charge is 0.385 e. The molecule has 0 aliphatic rings. The van der Waals surface area contributed by atoms with Crippen LogP contribution in [-0.2, 0) is 4.74 Å². The molecule has 0 radical (unpaired) electrons. The maximum absolute atomic E-state index is 12.2. The van der Waals surface area contributed by atoms with Gasteiger partial charge in [0, 0.05) is 28.8 Å². The van der Waals surface area contributed by atoms with Gasteiger partial charge in [0.25, 0.3) is 0 Å². The second-order valence-electron chi connectivity index (χ2n) is 3.98. The topological polar surface area (TPSA) is 26.3 Å². The van der Waals surface area contributed by atoms with Gasteiger partial charge in [0.15, 0.2) is 5.78 Å². The molecule has 0 N–H and O–H groups in total. The minimum absolute atomic E-state index is 0.0234. The molecule has 1 unspecified atom stereocenters. The minimum Gasteiger partial charge on any atom is -0.385 e. The van der Waals surface area contributed by atoms with Crippen molar-refractivity contribution in [2.75, 3.05) is 13.7 Å². The van der Waals surface area contributed by atoms with Crippen LogP contribution in [0.25, 0.3) is 0 Å². The Morgan fingerprint density at radius 1 is 1.50 bits per heavy atom. The normalized spacial score (nSPS) is 12.5. The summed E-state index contributed by atoms with van der Waals surface area (Å²) in [7, 11) is 1.66. The average Bonchev–Trinajstić information content (AvgIpc) is 2.28. The number of benzene rings is 1. The minimum atomic E-state index is 0.0234. The zero-order valence-electron chi connectivity index (χ0n) is 9.92. The lowest BCUT2D eigenvalue weighted by Gasteiger charge is -2.12. The molecule has 0 aromatic heterocycles. The number of ketones is 1. The zero-order valence-corrected chi connectivity index (χ0v) is 12.1. The Kier molecular flexibility index (Phi) is 5.41. The molecule has 0 aliphatic heterocycles. The number of halogens is 1. The van der Waals surface area contributed by atoms with Gasteiger partial charge in [0.2, 0.25) is 0 Å². The molecule has 1 atom stereocenters. The molecule has 0 heterocycles. The first kappa shape index (κ1) is 13.6. The molecule has 0 fully saturated rings. The monoisotopic (exact) mass is 332 g/mol. The molecule has 1 aromatic rings. The molecule has 0 saturated carbocycles. The van der Waals surface area contributed by atoms with Gasteiger partial charge in [0.05, 0.1) is 0 Å². The Morgan fingerprint density at radius 3 is 2.81 bits per heavy atom. The number of ether oxygens (including phenoxy) is 1. The van der Waals surface area contributed by atoms with E-state index in [9.17, 15) is 4.79 Å². The standard InChI is InChI=1S/C13H17IO2/c1-9-5-4-6-11(12(9)14)13(15)10(2)7-8-16-3/h4-6,10H,7-8H2,1-3H3. The molecule has 0 saturated heterocycles. The Morgan fingerprint density at radius 2 is 2.19 bits per heavy atom. The van der Waals surface area contributed by atoms with E-state index < -0.39 is 0 Å². The van der Waals surface area contributed by atoms with Crippen LogP contribution >= 0.6 is 22.6 Å². The van der Waals surface area contributed by atoms with Crippen LogP contribution in [-0.4, -0.2) is 19.5 Å². The van der Waals surface area contributed by atoms with Crippen molar-refractivity contribution in [2.45, 2.75) is 20.3 Å². The SMILES string of the molecule is COCCC(C)C(=O)c1cccc(C)c1I. The highest BCUT2D eigenvalue weighted by molar-refractivity contribution is 14.1. The molecule has 1 aromatic carbocycles. The van der Waals surface area contributed by atoms with E-state index in [4.69, 9.17) is 4.74 Å². The zero-order chi connectivity index (χ0) is 12.1. The van der Waals surface area contributed by atoms with E-state index in [1.807, 2.05) is 32.0 Å². The molecular formula is C13H17IO2. The van der Waals surface area contributed by atoms with Gasteiger partial charge < -0.3 is 4.74 Å². The molecule has 1 rings (SSSR count). The third-order valence-electron chi connectivity index (χ3n) is 2.66. The van der Waals surface area contributed by atoms with Gasteiger partial charge in [-0.3, -0.25) is 4.79 Å². The van der Waals surface area contributed by atoms with E-state index in [1.165, 1.54) is 0 Å². The lowest BCUT2D eigenvalue weighted by atomic mass is 9.96. The summed E-state index contributed by atoms with van der Waals surface area (Å²) in [4.78, 5) is 12.2. The average molecular weight is 332 g/mol. The summed E-state index contributed by atoms with van der Waals surface area (Å²) in [5, 5.41) is 0. The fraction of sp³-hybridized carbons (Fsp3) is 0.462. The van der Waals surface area contributed by atoms with E-state index in [0.717, 1.165) is 21.1 Å². The first-order valence-corrected chi connectivity index (χ1v) is 6.44. The van der Waals surface area contributed by atoms with Gasteiger partial charge in [0.1, 0.15) is 0 Å². The number of hydrogen-bond acceptors (Lipinski definition) is 2. The van der Waals surface area contributed by atoms with Gasteiger partial charge in [-0.25, -0.2) is 0 Å². The van der Waals surface area contributed by atoms with Crippen LogP contribution in [0.4, 0.5) is 0 Å². The molecule has 0 bridgehead atoms. The van der Waals surface area contributed by atoms with E-state index >= 15 is 0 Å². The molecule has 3 heteroatoms. The predicted octanol–water partition coefficient (Wildman–Crippen LogP) is 3.45. The van der Waals surface area contributed by atoms with Crippen LogP contribution in [0.1, 0.15) is 29.3 Å². The van der Waals surface area contributed by atoms with Gasteiger partial charge in [-0.05, 0) is 41.5 Å². The number of rotatable bonds is 5. The lowest BCUT2D eigenvalue weighted by molar-refractivity contribution is 0.0892. The van der Waals surface area contributed by atoms with Gasteiger partial charge in [-0.15, -0.1) is 0 Å². The Balaban J connectivity index is 2.84. The number of hydrogen-bond donors (Lipinski definition) is 0. The van der Waals surface area contributed by atoms with Crippen LogP contribution < -0.4 is 0 Å². The lowest BCUT2D eigenvalue weighted by Crippen LogP contribution is -2.15. The van der Waals surface area contributed by atoms with Crippen molar-refractivity contribution >= 4 is 28.4 Å².